The summed E-state index contributed by atoms with van der Waals surface area (Å²) in [7, 11) is 0. The first kappa shape index (κ1) is 15.9. The van der Waals surface area contributed by atoms with Crippen molar-refractivity contribution in [3.8, 4) is 0 Å². The second kappa shape index (κ2) is 7.08. The van der Waals surface area contributed by atoms with E-state index in [1.54, 1.807) is 6.07 Å². The lowest BCUT2D eigenvalue weighted by Gasteiger charge is -2.28. The molecule has 1 aliphatic rings. The molecule has 0 aliphatic carbocycles. The average Bonchev–Trinajstić information content (AvgIpc) is 2.57. The molecule has 0 atom stereocenters. The average molecular weight is 375 g/mol. The lowest BCUT2D eigenvalue weighted by atomic mass is 10.1. The van der Waals surface area contributed by atoms with Crippen molar-refractivity contribution in [1.29, 1.82) is 0 Å². The maximum Gasteiger partial charge on any atom is 0.274 e. The summed E-state index contributed by atoms with van der Waals surface area (Å²) < 4.78 is 0.973. The number of piperidine rings is 1. The molecule has 1 aromatic heterocycles. The summed E-state index contributed by atoms with van der Waals surface area (Å²) in [5.74, 6) is 1.25. The van der Waals surface area contributed by atoms with E-state index < -0.39 is 0 Å². The van der Waals surface area contributed by atoms with E-state index in [1.165, 1.54) is 19.3 Å². The third-order valence-corrected chi connectivity index (χ3v) is 4.37. The van der Waals surface area contributed by atoms with Gasteiger partial charge in [0.25, 0.3) is 5.91 Å². The quantitative estimate of drug-likeness (QED) is 0.887. The second-order valence-electron chi connectivity index (χ2n) is 5.67. The van der Waals surface area contributed by atoms with Crippen molar-refractivity contribution in [3.63, 3.8) is 0 Å². The highest BCUT2D eigenvalue weighted by Crippen LogP contribution is 2.19. The zero-order valence-electron chi connectivity index (χ0n) is 13.1. The first-order valence-electron chi connectivity index (χ1n) is 7.79. The number of hydrogen-bond acceptors (Lipinski definition) is 4. The molecular formula is C17H19BrN4O. The molecule has 3 rings (SSSR count). The van der Waals surface area contributed by atoms with E-state index in [1.807, 2.05) is 31.2 Å². The SMILES string of the molecule is Cc1nc(C(=O)Nc2ccc(Br)cc2)cc(N2CCCCC2)n1. The molecule has 0 saturated carbocycles. The Kier molecular flexibility index (Phi) is 4.91. The number of hydrogen-bond donors (Lipinski definition) is 1. The zero-order chi connectivity index (χ0) is 16.2. The molecule has 0 unspecified atom stereocenters. The first-order chi connectivity index (χ1) is 11.1. The molecule has 1 amide bonds. The van der Waals surface area contributed by atoms with Gasteiger partial charge in [-0.15, -0.1) is 0 Å². The highest BCUT2D eigenvalue weighted by Gasteiger charge is 2.16. The van der Waals surface area contributed by atoms with E-state index in [0.29, 0.717) is 11.5 Å². The van der Waals surface area contributed by atoms with Crippen molar-refractivity contribution in [3.05, 3.63) is 46.3 Å². The molecule has 1 aromatic carbocycles. The summed E-state index contributed by atoms with van der Waals surface area (Å²) >= 11 is 3.38. The van der Waals surface area contributed by atoms with Gasteiger partial charge in [-0.3, -0.25) is 4.79 Å². The van der Waals surface area contributed by atoms with E-state index in [9.17, 15) is 4.79 Å². The summed E-state index contributed by atoms with van der Waals surface area (Å²) in [6.45, 7) is 3.80. The van der Waals surface area contributed by atoms with Crippen molar-refractivity contribution in [1.82, 2.24) is 9.97 Å². The Hall–Kier alpha value is -1.95. The smallest absolute Gasteiger partial charge is 0.274 e. The minimum absolute atomic E-state index is 0.212. The number of nitrogens with zero attached hydrogens (tertiary/aromatic N) is 3. The molecule has 6 heteroatoms. The lowest BCUT2D eigenvalue weighted by molar-refractivity contribution is 0.102. The Morgan fingerprint density at radius 1 is 1.13 bits per heavy atom. The largest absolute Gasteiger partial charge is 0.356 e. The van der Waals surface area contributed by atoms with Crippen LogP contribution in [-0.2, 0) is 0 Å². The number of halogens is 1. The van der Waals surface area contributed by atoms with Crippen LogP contribution >= 0.6 is 15.9 Å². The van der Waals surface area contributed by atoms with Gasteiger partial charge in [-0.05, 0) is 50.5 Å². The second-order valence-corrected chi connectivity index (χ2v) is 6.58. The van der Waals surface area contributed by atoms with Crippen LogP contribution in [0.4, 0.5) is 11.5 Å². The van der Waals surface area contributed by atoms with E-state index in [0.717, 1.165) is 29.1 Å². The van der Waals surface area contributed by atoms with Gasteiger partial charge in [-0.2, -0.15) is 0 Å². The molecule has 5 nitrogen and oxygen atoms in total. The lowest BCUT2D eigenvalue weighted by Crippen LogP contribution is -2.31. The van der Waals surface area contributed by atoms with Crippen molar-refractivity contribution >= 4 is 33.3 Å². The van der Waals surface area contributed by atoms with Crippen LogP contribution in [-0.4, -0.2) is 29.0 Å². The van der Waals surface area contributed by atoms with Gasteiger partial charge in [0.1, 0.15) is 17.3 Å². The van der Waals surface area contributed by atoms with Gasteiger partial charge in [-0.25, -0.2) is 9.97 Å². The first-order valence-corrected chi connectivity index (χ1v) is 8.59. The number of aryl methyl sites for hydroxylation is 1. The number of nitrogens with one attached hydrogen (secondary N) is 1. The van der Waals surface area contributed by atoms with Crippen LogP contribution in [0.2, 0.25) is 0 Å². The topological polar surface area (TPSA) is 58.1 Å². The molecule has 1 aliphatic heterocycles. The molecule has 0 bridgehead atoms. The minimum Gasteiger partial charge on any atom is -0.356 e. The summed E-state index contributed by atoms with van der Waals surface area (Å²) in [4.78, 5) is 23.5. The summed E-state index contributed by atoms with van der Waals surface area (Å²) in [5, 5.41) is 2.87. The number of aromatic nitrogens is 2. The number of anilines is 2. The van der Waals surface area contributed by atoms with E-state index in [-0.39, 0.29) is 5.91 Å². The molecule has 0 radical (unpaired) electrons. The molecular weight excluding hydrogens is 356 g/mol. The molecule has 0 spiro atoms. The van der Waals surface area contributed by atoms with Gasteiger partial charge >= 0.3 is 0 Å². The summed E-state index contributed by atoms with van der Waals surface area (Å²) in [5.41, 5.74) is 1.15. The van der Waals surface area contributed by atoms with Gasteiger partial charge < -0.3 is 10.2 Å². The maximum absolute atomic E-state index is 12.5. The van der Waals surface area contributed by atoms with Crippen LogP contribution < -0.4 is 10.2 Å². The Morgan fingerprint density at radius 2 is 1.83 bits per heavy atom. The Labute approximate surface area is 144 Å². The third-order valence-electron chi connectivity index (χ3n) is 3.84. The van der Waals surface area contributed by atoms with Crippen LogP contribution in [0, 0.1) is 6.92 Å². The fraction of sp³-hybridized carbons (Fsp3) is 0.353. The van der Waals surface area contributed by atoms with Gasteiger partial charge in [-0.1, -0.05) is 15.9 Å². The fourth-order valence-electron chi connectivity index (χ4n) is 2.68. The predicted molar refractivity (Wildman–Crippen MR) is 94.9 cm³/mol. The summed E-state index contributed by atoms with van der Waals surface area (Å²) in [6, 6.07) is 9.26. The summed E-state index contributed by atoms with van der Waals surface area (Å²) in [6.07, 6.45) is 3.60. The third kappa shape index (κ3) is 4.07. The molecule has 2 aromatic rings. The van der Waals surface area contributed by atoms with Crippen molar-refractivity contribution < 1.29 is 4.79 Å². The van der Waals surface area contributed by atoms with Crippen LogP contribution in [0.3, 0.4) is 0 Å². The highest BCUT2D eigenvalue weighted by atomic mass is 79.9. The Morgan fingerprint density at radius 3 is 2.52 bits per heavy atom. The Balaban J connectivity index is 1.79. The minimum atomic E-state index is -0.212. The molecule has 1 saturated heterocycles. The molecule has 23 heavy (non-hydrogen) atoms. The van der Waals surface area contributed by atoms with Crippen molar-refractivity contribution in [2.45, 2.75) is 26.2 Å². The van der Waals surface area contributed by atoms with E-state index in [4.69, 9.17) is 0 Å². The van der Waals surface area contributed by atoms with Crippen molar-refractivity contribution in [2.75, 3.05) is 23.3 Å². The van der Waals surface area contributed by atoms with Gasteiger partial charge in [0.15, 0.2) is 0 Å². The normalized spacial score (nSPS) is 14.6. The van der Waals surface area contributed by atoms with E-state index >= 15 is 0 Å². The van der Waals surface area contributed by atoms with E-state index in [2.05, 4.69) is 36.1 Å². The van der Waals surface area contributed by atoms with Crippen LogP contribution in [0.25, 0.3) is 0 Å². The number of amides is 1. The highest BCUT2D eigenvalue weighted by molar-refractivity contribution is 9.10. The standard InChI is InChI=1S/C17H19BrN4O/c1-12-19-15(11-16(20-12)22-9-3-2-4-10-22)17(23)21-14-7-5-13(18)6-8-14/h5-8,11H,2-4,9-10H2,1H3,(H,21,23). The van der Waals surface area contributed by atoms with Crippen LogP contribution in [0.1, 0.15) is 35.6 Å². The van der Waals surface area contributed by atoms with Gasteiger partial charge in [0, 0.05) is 29.3 Å². The monoisotopic (exact) mass is 374 g/mol. The zero-order valence-corrected chi connectivity index (χ0v) is 14.6. The molecule has 1 N–H and O–H groups in total. The van der Waals surface area contributed by atoms with Crippen LogP contribution in [0.15, 0.2) is 34.8 Å². The van der Waals surface area contributed by atoms with Crippen molar-refractivity contribution in [2.24, 2.45) is 0 Å². The Bertz CT molecular complexity index is 696. The maximum atomic E-state index is 12.5. The molecule has 2 heterocycles. The number of carbonyl (C=O) groups excluding carboxylic acids is 1. The number of carbonyl (C=O) groups is 1. The predicted octanol–water partition coefficient (Wildman–Crippen LogP) is 3.79. The molecule has 120 valence electrons. The van der Waals surface area contributed by atoms with Crippen LogP contribution in [0.5, 0.6) is 0 Å². The fourth-order valence-corrected chi connectivity index (χ4v) is 2.95. The number of benzene rings is 1. The van der Waals surface area contributed by atoms with Gasteiger partial charge in [0.05, 0.1) is 0 Å². The van der Waals surface area contributed by atoms with Gasteiger partial charge in [0.2, 0.25) is 0 Å². The molecule has 1 fully saturated rings. The number of rotatable bonds is 3.